The highest BCUT2D eigenvalue weighted by Crippen LogP contribution is 2.50. The highest BCUT2D eigenvalue weighted by atomic mass is 16.3. The molecule has 0 N–H and O–H groups in total. The number of hydrogen-bond acceptors (Lipinski definition) is 2. The van der Waals surface area contributed by atoms with Crippen LogP contribution in [0.25, 0.3) is 21.9 Å². The van der Waals surface area contributed by atoms with Crippen molar-refractivity contribution in [1.29, 1.82) is 0 Å². The zero-order valence-corrected chi connectivity index (χ0v) is 33.4. The molecule has 3 heterocycles. The van der Waals surface area contributed by atoms with E-state index in [-0.39, 0.29) is 33.8 Å². The number of benzene rings is 5. The third-order valence-corrected chi connectivity index (χ3v) is 13.3. The number of para-hydroxylation sites is 1. The Labute approximate surface area is 311 Å². The zero-order chi connectivity index (χ0) is 36.9. The third-order valence-electron chi connectivity index (χ3n) is 13.3. The van der Waals surface area contributed by atoms with E-state index in [0.717, 1.165) is 11.2 Å². The average molecular weight is 684 g/mol. The summed E-state index contributed by atoms with van der Waals surface area (Å²) in [7, 11) is 0. The molecule has 0 saturated carbocycles. The molecule has 52 heavy (non-hydrogen) atoms. The van der Waals surface area contributed by atoms with E-state index >= 15 is 0 Å². The minimum Gasteiger partial charge on any atom is -0.456 e. The van der Waals surface area contributed by atoms with E-state index in [4.69, 9.17) is 4.42 Å². The molecule has 0 atom stereocenters. The SMILES string of the molecule is CC(C)(C)c1ccc2c(c1)B1c3cc4oc5ccccc5c4cc3N(c3ccc4c(c3)C(C)(C)CCC4(C)C)c3cc(C(C)(C)C)cc(c31)C2(C)C. The fourth-order valence-corrected chi connectivity index (χ4v) is 9.86. The first-order chi connectivity index (χ1) is 24.3. The molecule has 6 aromatic rings. The Kier molecular flexibility index (Phi) is 6.76. The van der Waals surface area contributed by atoms with Crippen LogP contribution in [0.3, 0.4) is 0 Å². The van der Waals surface area contributed by atoms with Crippen LogP contribution in [0.15, 0.2) is 89.3 Å². The van der Waals surface area contributed by atoms with Crippen molar-refractivity contribution in [2.24, 2.45) is 0 Å². The lowest BCUT2D eigenvalue weighted by Gasteiger charge is -2.47. The van der Waals surface area contributed by atoms with E-state index < -0.39 is 0 Å². The molecular formula is C49H54BNO. The van der Waals surface area contributed by atoms with E-state index in [1.165, 1.54) is 90.4 Å². The lowest BCUT2D eigenvalue weighted by atomic mass is 9.30. The van der Waals surface area contributed by atoms with Crippen molar-refractivity contribution in [3.8, 4) is 0 Å². The quantitative estimate of drug-likeness (QED) is 0.160. The Bertz CT molecular complexity index is 2480. The predicted octanol–water partition coefficient (Wildman–Crippen LogP) is 11.5. The van der Waals surface area contributed by atoms with Gasteiger partial charge in [0.1, 0.15) is 11.2 Å². The Hall–Kier alpha value is -4.24. The molecule has 0 fully saturated rings. The molecule has 2 nitrogen and oxygen atoms in total. The maximum Gasteiger partial charge on any atom is 0.247 e. The van der Waals surface area contributed by atoms with Crippen molar-refractivity contribution in [2.45, 2.75) is 123 Å². The van der Waals surface area contributed by atoms with Gasteiger partial charge in [-0.3, -0.25) is 0 Å². The Morgan fingerprint density at radius 1 is 0.558 bits per heavy atom. The maximum absolute atomic E-state index is 6.67. The van der Waals surface area contributed by atoms with Crippen LogP contribution in [0.2, 0.25) is 0 Å². The van der Waals surface area contributed by atoms with Gasteiger partial charge in [-0.05, 0) is 115 Å². The van der Waals surface area contributed by atoms with Gasteiger partial charge in [0.2, 0.25) is 6.71 Å². The molecule has 0 radical (unpaired) electrons. The van der Waals surface area contributed by atoms with Crippen LogP contribution in [0.5, 0.6) is 0 Å². The molecule has 5 aromatic carbocycles. The number of fused-ring (bicyclic) bond motifs is 8. The molecule has 3 aliphatic rings. The van der Waals surface area contributed by atoms with Crippen molar-refractivity contribution in [3.05, 3.63) is 118 Å². The van der Waals surface area contributed by atoms with Crippen LogP contribution >= 0.6 is 0 Å². The van der Waals surface area contributed by atoms with Gasteiger partial charge in [-0.25, -0.2) is 0 Å². The van der Waals surface area contributed by atoms with Gasteiger partial charge in [-0.15, -0.1) is 0 Å². The first kappa shape index (κ1) is 33.6. The van der Waals surface area contributed by atoms with Gasteiger partial charge in [0.05, 0.1) is 0 Å². The summed E-state index contributed by atoms with van der Waals surface area (Å²) in [6.07, 6.45) is 2.39. The smallest absolute Gasteiger partial charge is 0.247 e. The molecule has 0 unspecified atom stereocenters. The molecule has 1 aliphatic carbocycles. The Balaban J connectivity index is 1.43. The molecule has 0 saturated heterocycles. The molecule has 0 bridgehead atoms. The van der Waals surface area contributed by atoms with Gasteiger partial charge in [0, 0.05) is 33.2 Å². The molecule has 264 valence electrons. The standard InChI is InChI=1S/C49H54BNO/c1-45(2,3)29-17-19-35-38(24-29)50-39-28-43-33(32-15-13-14-16-42(32)52-43)27-40(39)51(31-18-20-34-36(26-31)48(9,10)22-21-47(34,7)8)41-25-30(46(4,5)6)23-37(44(41)50)49(35,11)12/h13-20,23-28H,21-22H2,1-12H3. The number of nitrogens with zero attached hydrogens (tertiary/aromatic N) is 1. The molecule has 2 aliphatic heterocycles. The van der Waals surface area contributed by atoms with Crippen LogP contribution in [0.1, 0.15) is 129 Å². The van der Waals surface area contributed by atoms with Gasteiger partial charge >= 0.3 is 0 Å². The van der Waals surface area contributed by atoms with Crippen LogP contribution in [0.4, 0.5) is 17.1 Å². The predicted molar refractivity (Wildman–Crippen MR) is 224 cm³/mol. The van der Waals surface area contributed by atoms with Gasteiger partial charge in [-0.1, -0.05) is 137 Å². The minimum absolute atomic E-state index is 0.0218. The monoisotopic (exact) mass is 683 g/mol. The topological polar surface area (TPSA) is 16.4 Å². The largest absolute Gasteiger partial charge is 0.456 e. The third kappa shape index (κ3) is 4.69. The zero-order valence-electron chi connectivity index (χ0n) is 33.4. The lowest BCUT2D eigenvalue weighted by molar-refractivity contribution is 0.332. The van der Waals surface area contributed by atoms with E-state index in [0.29, 0.717) is 0 Å². The second-order valence-corrected chi connectivity index (χ2v) is 20.2. The fraction of sp³-hybridized carbons (Fsp3) is 0.388. The summed E-state index contributed by atoms with van der Waals surface area (Å²) in [5, 5.41) is 2.35. The minimum atomic E-state index is -0.178. The molecule has 0 amide bonds. The molecular weight excluding hydrogens is 629 g/mol. The van der Waals surface area contributed by atoms with E-state index in [2.05, 4.69) is 173 Å². The summed E-state index contributed by atoms with van der Waals surface area (Å²) in [4.78, 5) is 2.63. The van der Waals surface area contributed by atoms with Crippen LogP contribution in [-0.2, 0) is 27.1 Å². The van der Waals surface area contributed by atoms with Gasteiger partial charge < -0.3 is 9.32 Å². The summed E-state index contributed by atoms with van der Waals surface area (Å²) in [6.45, 7) is 28.8. The van der Waals surface area contributed by atoms with E-state index in [1.807, 2.05) is 0 Å². The lowest BCUT2D eigenvalue weighted by Crippen LogP contribution is -2.64. The van der Waals surface area contributed by atoms with Gasteiger partial charge in [0.25, 0.3) is 0 Å². The van der Waals surface area contributed by atoms with Gasteiger partial charge in [0.15, 0.2) is 0 Å². The van der Waals surface area contributed by atoms with Crippen LogP contribution in [-0.4, -0.2) is 6.71 Å². The van der Waals surface area contributed by atoms with Crippen molar-refractivity contribution in [2.75, 3.05) is 4.90 Å². The van der Waals surface area contributed by atoms with Gasteiger partial charge in [-0.2, -0.15) is 0 Å². The fourth-order valence-electron chi connectivity index (χ4n) is 9.86. The summed E-state index contributed by atoms with van der Waals surface area (Å²) in [6, 6.07) is 33.2. The van der Waals surface area contributed by atoms with E-state index in [9.17, 15) is 0 Å². The highest BCUT2D eigenvalue weighted by molar-refractivity contribution is 6.99. The molecule has 1 aromatic heterocycles. The Morgan fingerprint density at radius 3 is 1.94 bits per heavy atom. The maximum atomic E-state index is 6.67. The summed E-state index contributed by atoms with van der Waals surface area (Å²) in [5.74, 6) is 0. The highest BCUT2D eigenvalue weighted by Gasteiger charge is 2.48. The normalized spacial score (nSPS) is 18.2. The average Bonchev–Trinajstić information content (AvgIpc) is 3.43. The number of rotatable bonds is 1. The Morgan fingerprint density at radius 2 is 1.23 bits per heavy atom. The van der Waals surface area contributed by atoms with Crippen LogP contribution < -0.4 is 21.3 Å². The van der Waals surface area contributed by atoms with E-state index in [1.54, 1.807) is 0 Å². The van der Waals surface area contributed by atoms with Crippen molar-refractivity contribution < 1.29 is 4.42 Å². The molecule has 9 rings (SSSR count). The number of furan rings is 1. The molecule has 3 heteroatoms. The first-order valence-corrected chi connectivity index (χ1v) is 19.5. The van der Waals surface area contributed by atoms with Crippen molar-refractivity contribution >= 4 is 62.1 Å². The first-order valence-electron chi connectivity index (χ1n) is 19.5. The number of anilines is 3. The number of hydrogen-bond donors (Lipinski definition) is 0. The summed E-state index contributed by atoms with van der Waals surface area (Å²) < 4.78 is 6.67. The second kappa shape index (κ2) is 10.5. The summed E-state index contributed by atoms with van der Waals surface area (Å²) >= 11 is 0. The van der Waals surface area contributed by atoms with Crippen molar-refractivity contribution in [1.82, 2.24) is 0 Å². The summed E-state index contributed by atoms with van der Waals surface area (Å²) in [5.41, 5.74) is 18.6. The molecule has 0 spiro atoms. The van der Waals surface area contributed by atoms with Crippen molar-refractivity contribution in [3.63, 3.8) is 0 Å². The van der Waals surface area contributed by atoms with Crippen LogP contribution in [0, 0.1) is 0 Å². The second-order valence-electron chi connectivity index (χ2n) is 20.2.